The van der Waals surface area contributed by atoms with Gasteiger partial charge in [-0.1, -0.05) is 6.07 Å². The quantitative estimate of drug-likeness (QED) is 0.823. The first-order chi connectivity index (χ1) is 8.08. The summed E-state index contributed by atoms with van der Waals surface area (Å²) in [7, 11) is 0. The van der Waals surface area contributed by atoms with Gasteiger partial charge in [-0.25, -0.2) is 4.39 Å². The van der Waals surface area contributed by atoms with Gasteiger partial charge in [0.2, 0.25) is 0 Å². The van der Waals surface area contributed by atoms with E-state index in [0.29, 0.717) is 6.42 Å². The molecule has 0 radical (unpaired) electrons. The summed E-state index contributed by atoms with van der Waals surface area (Å²) >= 11 is 0. The predicted molar refractivity (Wildman–Crippen MR) is 63.8 cm³/mol. The van der Waals surface area contributed by atoms with Crippen LogP contribution in [0.2, 0.25) is 0 Å². The molecule has 0 fully saturated rings. The topological polar surface area (TPSA) is 56.0 Å². The summed E-state index contributed by atoms with van der Waals surface area (Å²) in [6.07, 6.45) is 0.656. The number of hydrogen-bond acceptors (Lipinski definition) is 3. The number of aliphatic hydroxyl groups is 1. The fourth-order valence-corrected chi connectivity index (χ4v) is 1.69. The van der Waals surface area contributed by atoms with Crippen LogP contribution in [0.4, 0.5) is 4.39 Å². The number of rotatable bonds is 5. The van der Waals surface area contributed by atoms with Crippen molar-refractivity contribution < 1.29 is 9.50 Å². The monoisotopic (exact) mass is 236 g/mol. The third-order valence-corrected chi connectivity index (χ3v) is 2.71. The second kappa shape index (κ2) is 6.33. The van der Waals surface area contributed by atoms with Crippen LogP contribution in [0.25, 0.3) is 0 Å². The van der Waals surface area contributed by atoms with Crippen LogP contribution in [0.15, 0.2) is 18.2 Å². The maximum Gasteiger partial charge on any atom is 0.141 e. The summed E-state index contributed by atoms with van der Waals surface area (Å²) in [5.41, 5.74) is 0.857. The Balaban J connectivity index is 2.73. The average molecular weight is 236 g/mol. The summed E-state index contributed by atoms with van der Waals surface area (Å²) < 4.78 is 13.4. The molecule has 2 atom stereocenters. The van der Waals surface area contributed by atoms with E-state index in [1.165, 1.54) is 12.1 Å². The van der Waals surface area contributed by atoms with Crippen LogP contribution in [0.5, 0.6) is 0 Å². The van der Waals surface area contributed by atoms with Gasteiger partial charge in [0, 0.05) is 18.7 Å². The van der Waals surface area contributed by atoms with Crippen LogP contribution >= 0.6 is 0 Å². The molecule has 1 aromatic carbocycles. The van der Waals surface area contributed by atoms with Crippen molar-refractivity contribution in [1.82, 2.24) is 5.32 Å². The Bertz CT molecular complexity index is 414. The smallest absolute Gasteiger partial charge is 0.141 e. The Morgan fingerprint density at radius 1 is 1.47 bits per heavy atom. The maximum atomic E-state index is 13.4. The predicted octanol–water partition coefficient (Wildman–Crippen LogP) is 2.12. The number of nitriles is 1. The van der Waals surface area contributed by atoms with Gasteiger partial charge in [0.15, 0.2) is 0 Å². The van der Waals surface area contributed by atoms with Gasteiger partial charge in [-0.3, -0.25) is 0 Å². The molecule has 0 spiro atoms. The minimum atomic E-state index is -0.492. The van der Waals surface area contributed by atoms with Crippen molar-refractivity contribution in [2.75, 3.05) is 6.61 Å². The molecule has 2 N–H and O–H groups in total. The Labute approximate surface area is 101 Å². The molecule has 1 aromatic rings. The summed E-state index contributed by atoms with van der Waals surface area (Å²) in [5, 5.41) is 20.7. The van der Waals surface area contributed by atoms with Gasteiger partial charge in [-0.15, -0.1) is 0 Å². The Kier molecular flexibility index (Phi) is 5.08. The first kappa shape index (κ1) is 13.6. The standard InChI is InChI=1S/C13H17FN2O/c1-9(5-6-17)16-10(2)11-3-4-12(8-15)13(14)7-11/h3-4,7,9-10,16-17H,5-6H2,1-2H3. The molecular weight excluding hydrogens is 219 g/mol. The minimum absolute atomic E-state index is 0.0150. The number of nitrogens with zero attached hydrogens (tertiary/aromatic N) is 1. The molecule has 4 heteroatoms. The lowest BCUT2D eigenvalue weighted by Crippen LogP contribution is -2.29. The molecule has 1 rings (SSSR count). The highest BCUT2D eigenvalue weighted by Gasteiger charge is 2.11. The summed E-state index contributed by atoms with van der Waals surface area (Å²) in [6, 6.07) is 6.54. The molecule has 17 heavy (non-hydrogen) atoms. The molecule has 0 saturated carbocycles. The van der Waals surface area contributed by atoms with Crippen LogP contribution in [0, 0.1) is 17.1 Å². The first-order valence-corrected chi connectivity index (χ1v) is 5.65. The lowest BCUT2D eigenvalue weighted by atomic mass is 10.0. The molecule has 2 unspecified atom stereocenters. The highest BCUT2D eigenvalue weighted by molar-refractivity contribution is 5.34. The zero-order chi connectivity index (χ0) is 12.8. The molecule has 0 saturated heterocycles. The van der Waals surface area contributed by atoms with Crippen LogP contribution in [-0.4, -0.2) is 17.8 Å². The first-order valence-electron chi connectivity index (χ1n) is 5.65. The van der Waals surface area contributed by atoms with E-state index in [-0.39, 0.29) is 24.3 Å². The van der Waals surface area contributed by atoms with E-state index in [1.807, 2.05) is 13.8 Å². The largest absolute Gasteiger partial charge is 0.396 e. The normalized spacial score (nSPS) is 14.1. The van der Waals surface area contributed by atoms with Gasteiger partial charge in [0.1, 0.15) is 11.9 Å². The van der Waals surface area contributed by atoms with E-state index in [0.717, 1.165) is 5.56 Å². The van der Waals surface area contributed by atoms with Crippen molar-refractivity contribution >= 4 is 0 Å². The molecule has 0 aliphatic carbocycles. The molecule has 92 valence electrons. The number of hydrogen-bond donors (Lipinski definition) is 2. The van der Waals surface area contributed by atoms with Gasteiger partial charge in [0.05, 0.1) is 5.56 Å². The van der Waals surface area contributed by atoms with Crippen molar-refractivity contribution in [1.29, 1.82) is 5.26 Å². The van der Waals surface area contributed by atoms with E-state index >= 15 is 0 Å². The number of halogens is 1. The Morgan fingerprint density at radius 3 is 2.71 bits per heavy atom. The highest BCUT2D eigenvalue weighted by atomic mass is 19.1. The molecule has 0 aliphatic rings. The molecule has 0 amide bonds. The fourth-order valence-electron chi connectivity index (χ4n) is 1.69. The van der Waals surface area contributed by atoms with Gasteiger partial charge < -0.3 is 10.4 Å². The maximum absolute atomic E-state index is 13.4. The van der Waals surface area contributed by atoms with Crippen molar-refractivity contribution in [2.24, 2.45) is 0 Å². The van der Waals surface area contributed by atoms with Gasteiger partial charge in [0.25, 0.3) is 0 Å². The van der Waals surface area contributed by atoms with E-state index in [4.69, 9.17) is 10.4 Å². The summed E-state index contributed by atoms with van der Waals surface area (Å²) in [5.74, 6) is -0.492. The van der Waals surface area contributed by atoms with Crippen molar-refractivity contribution in [3.8, 4) is 6.07 Å². The fraction of sp³-hybridized carbons (Fsp3) is 0.462. The van der Waals surface area contributed by atoms with E-state index in [1.54, 1.807) is 12.1 Å². The zero-order valence-electron chi connectivity index (χ0n) is 10.1. The number of aliphatic hydroxyl groups excluding tert-OH is 1. The zero-order valence-corrected chi connectivity index (χ0v) is 10.1. The minimum Gasteiger partial charge on any atom is -0.396 e. The van der Waals surface area contributed by atoms with E-state index in [2.05, 4.69) is 5.32 Å². The molecule has 0 aromatic heterocycles. The van der Waals surface area contributed by atoms with Crippen LogP contribution < -0.4 is 5.32 Å². The molecule has 0 aliphatic heterocycles. The van der Waals surface area contributed by atoms with Crippen LogP contribution in [-0.2, 0) is 0 Å². The Morgan fingerprint density at radius 2 is 2.18 bits per heavy atom. The molecular formula is C13H17FN2O. The highest BCUT2D eigenvalue weighted by Crippen LogP contribution is 2.17. The summed E-state index contributed by atoms with van der Waals surface area (Å²) in [4.78, 5) is 0. The molecule has 3 nitrogen and oxygen atoms in total. The molecule has 0 bridgehead atoms. The van der Waals surface area contributed by atoms with Crippen LogP contribution in [0.3, 0.4) is 0 Å². The van der Waals surface area contributed by atoms with Crippen molar-refractivity contribution in [3.63, 3.8) is 0 Å². The molecule has 0 heterocycles. The summed E-state index contributed by atoms with van der Waals surface area (Å²) in [6.45, 7) is 4.02. The second-order valence-electron chi connectivity index (χ2n) is 4.15. The average Bonchev–Trinajstić information content (AvgIpc) is 2.29. The Hall–Kier alpha value is -1.44. The number of nitrogens with one attached hydrogen (secondary N) is 1. The lowest BCUT2D eigenvalue weighted by molar-refractivity contribution is 0.264. The van der Waals surface area contributed by atoms with E-state index in [9.17, 15) is 4.39 Å². The van der Waals surface area contributed by atoms with Crippen LogP contribution in [0.1, 0.15) is 37.4 Å². The van der Waals surface area contributed by atoms with Gasteiger partial charge in [-0.05, 0) is 38.0 Å². The van der Waals surface area contributed by atoms with Gasteiger partial charge >= 0.3 is 0 Å². The van der Waals surface area contributed by atoms with E-state index < -0.39 is 5.82 Å². The van der Waals surface area contributed by atoms with Crippen molar-refractivity contribution in [3.05, 3.63) is 35.1 Å². The second-order valence-corrected chi connectivity index (χ2v) is 4.15. The SMILES string of the molecule is CC(CCO)NC(C)c1ccc(C#N)c(F)c1. The third kappa shape index (κ3) is 3.81. The third-order valence-electron chi connectivity index (χ3n) is 2.71. The van der Waals surface area contributed by atoms with Gasteiger partial charge in [-0.2, -0.15) is 5.26 Å². The van der Waals surface area contributed by atoms with Crippen molar-refractivity contribution in [2.45, 2.75) is 32.4 Å². The lowest BCUT2D eigenvalue weighted by Gasteiger charge is -2.19. The number of benzene rings is 1.